The number of ketones is 1. The van der Waals surface area contributed by atoms with Gasteiger partial charge < -0.3 is 14.6 Å². The molecule has 1 saturated carbocycles. The number of allylic oxidation sites excluding steroid dienone is 4. The molecular weight excluding hydrogens is 456 g/mol. The van der Waals surface area contributed by atoms with E-state index in [9.17, 15) is 19.5 Å². The van der Waals surface area contributed by atoms with Crippen LogP contribution in [0.3, 0.4) is 0 Å². The van der Waals surface area contributed by atoms with E-state index in [0.717, 1.165) is 12.0 Å². The summed E-state index contributed by atoms with van der Waals surface area (Å²) in [6.07, 6.45) is 7.74. The highest BCUT2D eigenvalue weighted by molar-refractivity contribution is 6.33. The van der Waals surface area contributed by atoms with Crippen LogP contribution in [-0.4, -0.2) is 22.8 Å². The van der Waals surface area contributed by atoms with Gasteiger partial charge in [0.05, 0.1) is 11.6 Å². The van der Waals surface area contributed by atoms with E-state index in [1.165, 1.54) is 13.8 Å². The van der Waals surface area contributed by atoms with E-state index in [1.54, 1.807) is 6.92 Å². The van der Waals surface area contributed by atoms with Crippen LogP contribution in [0, 0.1) is 24.2 Å². The average Bonchev–Trinajstić information content (AvgIpc) is 2.76. The molecule has 2 rings (SSSR count). The quantitative estimate of drug-likeness (QED) is 0.300. The molecule has 1 fully saturated rings. The van der Waals surface area contributed by atoms with Gasteiger partial charge in [-0.15, -0.1) is 0 Å². The van der Waals surface area contributed by atoms with E-state index in [0.29, 0.717) is 29.0 Å². The first-order chi connectivity index (χ1) is 15.8. The maximum absolute atomic E-state index is 12.3. The van der Waals surface area contributed by atoms with Crippen molar-refractivity contribution in [3.05, 3.63) is 45.5 Å². The summed E-state index contributed by atoms with van der Waals surface area (Å²) < 4.78 is 10.8. The highest BCUT2D eigenvalue weighted by atomic mass is 35.5. The van der Waals surface area contributed by atoms with Crippen molar-refractivity contribution < 1.29 is 29.0 Å². The van der Waals surface area contributed by atoms with Gasteiger partial charge in [0.25, 0.3) is 0 Å². The third kappa shape index (κ3) is 5.97. The Hall–Kier alpha value is -2.44. The monoisotopic (exact) mass is 490 g/mol. The van der Waals surface area contributed by atoms with Gasteiger partial charge in [0.2, 0.25) is 0 Å². The summed E-state index contributed by atoms with van der Waals surface area (Å²) in [5, 5.41) is 10.1. The van der Waals surface area contributed by atoms with Gasteiger partial charge in [0, 0.05) is 37.3 Å². The molecule has 1 aromatic carbocycles. The molecule has 1 N–H and O–H groups in total. The van der Waals surface area contributed by atoms with E-state index in [2.05, 4.69) is 19.9 Å². The predicted molar refractivity (Wildman–Crippen MR) is 132 cm³/mol. The molecule has 3 atom stereocenters. The summed E-state index contributed by atoms with van der Waals surface area (Å²) in [6, 6.07) is 0. The summed E-state index contributed by atoms with van der Waals surface area (Å²) in [6.45, 7) is 12.0. The zero-order valence-corrected chi connectivity index (χ0v) is 21.8. The van der Waals surface area contributed by atoms with Crippen LogP contribution in [0.2, 0.25) is 5.02 Å². The second kappa shape index (κ2) is 11.3. The third-order valence-corrected chi connectivity index (χ3v) is 7.54. The predicted octanol–water partition coefficient (Wildman–Crippen LogP) is 5.68. The number of benzene rings is 1. The molecule has 0 heterocycles. The van der Waals surface area contributed by atoms with Gasteiger partial charge in [-0.3, -0.25) is 14.4 Å². The number of rotatable bonds is 7. The molecule has 0 radical (unpaired) electrons. The Bertz CT molecular complexity index is 1040. The van der Waals surface area contributed by atoms with Crippen LogP contribution >= 0.6 is 11.6 Å². The number of Topliss-reactive ketones (excluding diaryl/α,β-unsaturated/α-hetero) is 1. The molecule has 3 unspecified atom stereocenters. The molecule has 0 bridgehead atoms. The van der Waals surface area contributed by atoms with Crippen molar-refractivity contribution in [3.8, 4) is 11.5 Å². The highest BCUT2D eigenvalue weighted by Crippen LogP contribution is 2.45. The zero-order chi connectivity index (χ0) is 25.8. The smallest absolute Gasteiger partial charge is 0.308 e. The number of aliphatic hydroxyl groups excluding tert-OH is 1. The summed E-state index contributed by atoms with van der Waals surface area (Å²) in [4.78, 5) is 35.9. The lowest BCUT2D eigenvalue weighted by atomic mass is 9.61. The molecule has 7 heteroatoms. The molecule has 0 aromatic heterocycles. The summed E-state index contributed by atoms with van der Waals surface area (Å²) >= 11 is 6.48. The number of hydrogen-bond donors (Lipinski definition) is 1. The van der Waals surface area contributed by atoms with Crippen LogP contribution < -0.4 is 9.47 Å². The Labute approximate surface area is 207 Å². The van der Waals surface area contributed by atoms with Gasteiger partial charge >= 0.3 is 11.9 Å². The van der Waals surface area contributed by atoms with Crippen molar-refractivity contribution in [2.75, 3.05) is 0 Å². The standard InChI is InChI=1S/C27H35ClO6/c1-15(12-13-27(7)16(2)9-11-23(32)18(27)4)8-10-21-25(33-19(5)30)22(14-29)17(3)24(28)26(21)34-20(6)31/h8,12-13,16,18,29H,9-11,14H2,1-7H3/b13-12+,15-8+. The van der Waals surface area contributed by atoms with Crippen LogP contribution in [0.1, 0.15) is 71.1 Å². The molecule has 0 amide bonds. The minimum Gasteiger partial charge on any atom is -0.426 e. The lowest BCUT2D eigenvalue weighted by Gasteiger charge is -2.42. The van der Waals surface area contributed by atoms with Crippen molar-refractivity contribution in [1.29, 1.82) is 0 Å². The highest BCUT2D eigenvalue weighted by Gasteiger charge is 2.41. The lowest BCUT2D eigenvalue weighted by Crippen LogP contribution is -2.40. The second-order valence-electron chi connectivity index (χ2n) is 9.38. The van der Waals surface area contributed by atoms with Gasteiger partial charge in [-0.25, -0.2) is 0 Å². The van der Waals surface area contributed by atoms with Gasteiger partial charge in [0.15, 0.2) is 5.75 Å². The first-order valence-electron chi connectivity index (χ1n) is 11.5. The van der Waals surface area contributed by atoms with E-state index < -0.39 is 18.5 Å². The summed E-state index contributed by atoms with van der Waals surface area (Å²) in [5.41, 5.74) is 1.91. The van der Waals surface area contributed by atoms with Gasteiger partial charge in [-0.1, -0.05) is 56.2 Å². The number of carbonyl (C=O) groups is 3. The maximum Gasteiger partial charge on any atom is 0.308 e. The lowest BCUT2D eigenvalue weighted by molar-refractivity contribution is -0.132. The molecule has 6 nitrogen and oxygen atoms in total. The summed E-state index contributed by atoms with van der Waals surface area (Å²) in [5.74, 6) is -0.271. The van der Waals surface area contributed by atoms with Crippen molar-refractivity contribution in [2.24, 2.45) is 17.3 Å². The molecule has 34 heavy (non-hydrogen) atoms. The normalized spacial score (nSPS) is 23.3. The van der Waals surface area contributed by atoms with E-state index >= 15 is 0 Å². The Morgan fingerprint density at radius 3 is 2.26 bits per heavy atom. The summed E-state index contributed by atoms with van der Waals surface area (Å²) in [7, 11) is 0. The minimum atomic E-state index is -0.565. The average molecular weight is 491 g/mol. The van der Waals surface area contributed by atoms with Crippen LogP contribution in [0.15, 0.2) is 23.8 Å². The van der Waals surface area contributed by atoms with Gasteiger partial charge in [-0.05, 0) is 43.6 Å². The Balaban J connectivity index is 2.50. The Morgan fingerprint density at radius 2 is 1.71 bits per heavy atom. The Morgan fingerprint density at radius 1 is 1.12 bits per heavy atom. The molecule has 1 aliphatic carbocycles. The molecule has 0 saturated heterocycles. The molecule has 1 aliphatic rings. The molecular formula is C27H35ClO6. The second-order valence-corrected chi connectivity index (χ2v) is 9.76. The first kappa shape index (κ1) is 27.8. The van der Waals surface area contributed by atoms with Crippen molar-refractivity contribution in [2.45, 2.75) is 74.3 Å². The van der Waals surface area contributed by atoms with Gasteiger partial charge in [-0.2, -0.15) is 0 Å². The minimum absolute atomic E-state index is 0.0607. The molecule has 1 aromatic rings. The van der Waals surface area contributed by atoms with E-state index in [4.69, 9.17) is 21.1 Å². The topological polar surface area (TPSA) is 89.9 Å². The number of ether oxygens (including phenoxy) is 2. The number of halogens is 1. The number of esters is 2. The van der Waals surface area contributed by atoms with Crippen molar-refractivity contribution in [1.82, 2.24) is 0 Å². The molecule has 186 valence electrons. The fraction of sp³-hybridized carbons (Fsp3) is 0.519. The SMILES string of the molecule is CC(=O)Oc1c(Cl)c(C)c(CO)c(OC(C)=O)c1C/C=C(C)/C=C/C1(C)C(C)CCC(=O)C1C. The van der Waals surface area contributed by atoms with E-state index in [1.807, 2.05) is 26.0 Å². The number of aliphatic hydroxyl groups is 1. The van der Waals surface area contributed by atoms with Crippen LogP contribution in [0.25, 0.3) is 0 Å². The fourth-order valence-electron chi connectivity index (χ4n) is 4.39. The maximum atomic E-state index is 12.3. The van der Waals surface area contributed by atoms with Crippen LogP contribution in [0.5, 0.6) is 11.5 Å². The van der Waals surface area contributed by atoms with E-state index in [-0.39, 0.29) is 40.1 Å². The van der Waals surface area contributed by atoms with Crippen molar-refractivity contribution in [3.63, 3.8) is 0 Å². The van der Waals surface area contributed by atoms with Crippen LogP contribution in [0.4, 0.5) is 0 Å². The van der Waals surface area contributed by atoms with Gasteiger partial charge in [0.1, 0.15) is 11.5 Å². The van der Waals surface area contributed by atoms with Crippen molar-refractivity contribution >= 4 is 29.3 Å². The molecule has 0 aliphatic heterocycles. The molecule has 0 spiro atoms. The Kier molecular flexibility index (Phi) is 9.26. The first-order valence-corrected chi connectivity index (χ1v) is 11.9. The number of carbonyl (C=O) groups excluding carboxylic acids is 3. The van der Waals surface area contributed by atoms with Crippen LogP contribution in [-0.2, 0) is 27.4 Å². The third-order valence-electron chi connectivity index (χ3n) is 7.09. The fourth-order valence-corrected chi connectivity index (χ4v) is 4.66. The largest absolute Gasteiger partial charge is 0.426 e. The number of hydrogen-bond acceptors (Lipinski definition) is 6. The zero-order valence-electron chi connectivity index (χ0n) is 21.1.